The van der Waals surface area contributed by atoms with Gasteiger partial charge in [0.15, 0.2) is 16.3 Å². The summed E-state index contributed by atoms with van der Waals surface area (Å²) < 4.78 is 14.8. The highest BCUT2D eigenvalue weighted by Crippen LogP contribution is 2.33. The zero-order chi connectivity index (χ0) is 18.0. The van der Waals surface area contributed by atoms with E-state index < -0.39 is 0 Å². The number of thiazole rings is 1. The predicted molar refractivity (Wildman–Crippen MR) is 105 cm³/mol. The maximum atomic E-state index is 12.5. The van der Waals surface area contributed by atoms with Gasteiger partial charge in [-0.1, -0.05) is 18.3 Å². The van der Waals surface area contributed by atoms with Crippen molar-refractivity contribution in [2.75, 3.05) is 14.2 Å². The fourth-order valence-corrected chi connectivity index (χ4v) is 4.83. The molecule has 0 atom stereocenters. The number of ether oxygens (including phenoxy) is 2. The number of rotatable bonds is 5. The summed E-state index contributed by atoms with van der Waals surface area (Å²) >= 11 is 6.24. The summed E-state index contributed by atoms with van der Waals surface area (Å²) in [5, 5.41) is 0. The van der Waals surface area contributed by atoms with E-state index in [4.69, 9.17) is 9.47 Å². The maximum Gasteiger partial charge on any atom is 0.289 e. The number of thiophene rings is 1. The van der Waals surface area contributed by atoms with Crippen LogP contribution in [0.25, 0.3) is 10.2 Å². The quantitative estimate of drug-likeness (QED) is 0.577. The van der Waals surface area contributed by atoms with Gasteiger partial charge in [0.25, 0.3) is 5.91 Å². The first kappa shape index (κ1) is 18.2. The Morgan fingerprint density at radius 2 is 1.92 bits per heavy atom. The number of aryl methyl sites for hydroxylation is 1. The molecule has 1 amide bonds. The van der Waals surface area contributed by atoms with E-state index in [1.807, 2.05) is 18.2 Å². The fourth-order valence-electron chi connectivity index (χ4n) is 2.49. The monoisotopic (exact) mass is 440 g/mol. The molecule has 0 aliphatic rings. The second-order valence-corrected chi connectivity index (χ2v) is 8.70. The van der Waals surface area contributed by atoms with Crippen molar-refractivity contribution in [3.05, 3.63) is 37.7 Å². The lowest BCUT2D eigenvalue weighted by Gasteiger charge is -2.08. The maximum absolute atomic E-state index is 12.5. The van der Waals surface area contributed by atoms with E-state index in [-0.39, 0.29) is 5.91 Å². The minimum Gasteiger partial charge on any atom is -0.493 e. The van der Waals surface area contributed by atoms with Crippen LogP contribution < -0.4 is 14.3 Å². The number of fused-ring (bicyclic) bond motifs is 1. The topological polar surface area (TPSA) is 52.8 Å². The standard InChI is InChI=1S/C17H17BrN2O3S2/c1-4-7-20-10-8-11(22-2)12(23-3)9-14(10)25-17(20)19-16(21)13-5-6-15(18)24-13/h5-6,8-9H,4,7H2,1-3H3. The summed E-state index contributed by atoms with van der Waals surface area (Å²) in [7, 11) is 3.23. The van der Waals surface area contributed by atoms with Crippen LogP contribution in [0.4, 0.5) is 0 Å². The van der Waals surface area contributed by atoms with Gasteiger partial charge in [-0.25, -0.2) is 0 Å². The predicted octanol–water partition coefficient (Wildman–Crippen LogP) is 4.70. The Balaban J connectivity index is 2.18. The van der Waals surface area contributed by atoms with Crippen LogP contribution in [0.3, 0.4) is 0 Å². The van der Waals surface area contributed by atoms with Gasteiger partial charge in [0, 0.05) is 18.7 Å². The molecule has 0 N–H and O–H groups in total. The van der Waals surface area contributed by atoms with Crippen molar-refractivity contribution in [3.63, 3.8) is 0 Å². The van der Waals surface area contributed by atoms with Crippen molar-refractivity contribution in [2.24, 2.45) is 4.99 Å². The number of carbonyl (C=O) groups excluding carboxylic acids is 1. The van der Waals surface area contributed by atoms with E-state index in [1.165, 1.54) is 22.7 Å². The molecule has 0 aliphatic carbocycles. The first-order chi connectivity index (χ1) is 12.1. The Bertz CT molecular complexity index is 988. The van der Waals surface area contributed by atoms with Gasteiger partial charge in [-0.05, 0) is 34.5 Å². The van der Waals surface area contributed by atoms with E-state index in [1.54, 1.807) is 20.3 Å². The highest BCUT2D eigenvalue weighted by atomic mass is 79.9. The van der Waals surface area contributed by atoms with E-state index in [2.05, 4.69) is 32.4 Å². The minimum absolute atomic E-state index is 0.231. The van der Waals surface area contributed by atoms with E-state index in [0.29, 0.717) is 21.2 Å². The van der Waals surface area contributed by atoms with Crippen molar-refractivity contribution >= 4 is 54.7 Å². The summed E-state index contributed by atoms with van der Waals surface area (Å²) in [6.07, 6.45) is 0.937. The number of halogens is 1. The number of hydrogen-bond acceptors (Lipinski definition) is 5. The van der Waals surface area contributed by atoms with Gasteiger partial charge in [0.05, 0.1) is 33.1 Å². The molecular formula is C17H17BrN2O3S2. The Hall–Kier alpha value is -1.64. The lowest BCUT2D eigenvalue weighted by molar-refractivity contribution is 0.100. The van der Waals surface area contributed by atoms with Crippen LogP contribution in [0.15, 0.2) is 33.0 Å². The molecule has 3 aromatic rings. The van der Waals surface area contributed by atoms with E-state index in [9.17, 15) is 4.79 Å². The first-order valence-electron chi connectivity index (χ1n) is 7.67. The Labute approximate surface area is 161 Å². The number of benzene rings is 1. The number of aromatic nitrogens is 1. The van der Waals surface area contributed by atoms with Crippen molar-refractivity contribution in [3.8, 4) is 11.5 Å². The van der Waals surface area contributed by atoms with Crippen molar-refractivity contribution in [2.45, 2.75) is 19.9 Å². The van der Waals surface area contributed by atoms with Crippen LogP contribution in [0, 0.1) is 0 Å². The molecule has 3 rings (SSSR count). The molecule has 0 bridgehead atoms. The van der Waals surface area contributed by atoms with Gasteiger partial charge >= 0.3 is 0 Å². The Morgan fingerprint density at radius 1 is 1.20 bits per heavy atom. The highest BCUT2D eigenvalue weighted by molar-refractivity contribution is 9.11. The van der Waals surface area contributed by atoms with Crippen molar-refractivity contribution in [1.82, 2.24) is 4.57 Å². The minimum atomic E-state index is -0.231. The highest BCUT2D eigenvalue weighted by Gasteiger charge is 2.14. The normalized spacial score (nSPS) is 11.9. The van der Waals surface area contributed by atoms with Crippen LogP contribution in [0.2, 0.25) is 0 Å². The van der Waals surface area contributed by atoms with Gasteiger partial charge in [-0.15, -0.1) is 11.3 Å². The lowest BCUT2D eigenvalue weighted by atomic mass is 10.3. The fraction of sp³-hybridized carbons (Fsp3) is 0.294. The van der Waals surface area contributed by atoms with Crippen LogP contribution in [0.5, 0.6) is 11.5 Å². The third-order valence-electron chi connectivity index (χ3n) is 3.62. The second-order valence-electron chi connectivity index (χ2n) is 5.23. The number of nitrogens with zero attached hydrogens (tertiary/aromatic N) is 2. The van der Waals surface area contributed by atoms with Gasteiger partial charge in [0.1, 0.15) is 0 Å². The summed E-state index contributed by atoms with van der Waals surface area (Å²) in [4.78, 5) is 18.1. The number of amides is 1. The molecule has 0 saturated heterocycles. The molecule has 5 nitrogen and oxygen atoms in total. The Kier molecular flexibility index (Phi) is 5.61. The first-order valence-corrected chi connectivity index (χ1v) is 10.1. The molecule has 0 spiro atoms. The molecule has 132 valence electrons. The lowest BCUT2D eigenvalue weighted by Crippen LogP contribution is -2.16. The molecule has 8 heteroatoms. The molecule has 0 saturated carbocycles. The molecule has 0 radical (unpaired) electrons. The molecular weight excluding hydrogens is 424 g/mol. The van der Waals surface area contributed by atoms with Gasteiger partial charge < -0.3 is 14.0 Å². The smallest absolute Gasteiger partial charge is 0.289 e. The molecule has 25 heavy (non-hydrogen) atoms. The van der Waals surface area contributed by atoms with Gasteiger partial charge in [-0.3, -0.25) is 4.79 Å². The number of hydrogen-bond donors (Lipinski definition) is 0. The van der Waals surface area contributed by atoms with Crippen LogP contribution in [-0.2, 0) is 6.54 Å². The molecule has 0 fully saturated rings. The Morgan fingerprint density at radius 3 is 2.52 bits per heavy atom. The molecule has 2 aromatic heterocycles. The van der Waals surface area contributed by atoms with E-state index in [0.717, 1.165) is 27.0 Å². The van der Waals surface area contributed by atoms with Crippen LogP contribution >= 0.6 is 38.6 Å². The number of methoxy groups -OCH3 is 2. The summed E-state index contributed by atoms with van der Waals surface area (Å²) in [5.41, 5.74) is 0.989. The van der Waals surface area contributed by atoms with Crippen molar-refractivity contribution < 1.29 is 14.3 Å². The third-order valence-corrected chi connectivity index (χ3v) is 6.27. The molecule has 2 heterocycles. The van der Waals surface area contributed by atoms with E-state index >= 15 is 0 Å². The average molecular weight is 441 g/mol. The zero-order valence-corrected chi connectivity index (χ0v) is 17.3. The summed E-state index contributed by atoms with van der Waals surface area (Å²) in [6, 6.07) is 7.50. The summed E-state index contributed by atoms with van der Waals surface area (Å²) in [6.45, 7) is 2.87. The van der Waals surface area contributed by atoms with Crippen LogP contribution in [-0.4, -0.2) is 24.7 Å². The molecule has 1 aromatic carbocycles. The summed E-state index contributed by atoms with van der Waals surface area (Å²) in [5.74, 6) is 1.10. The average Bonchev–Trinajstić information content (AvgIpc) is 3.18. The SMILES string of the molecule is CCCn1c(=NC(=O)c2ccc(Br)s2)sc2cc(OC)c(OC)cc21. The van der Waals surface area contributed by atoms with Gasteiger partial charge in [0.2, 0.25) is 0 Å². The third kappa shape index (κ3) is 3.65. The number of carbonyl (C=O) groups is 1. The van der Waals surface area contributed by atoms with Gasteiger partial charge in [-0.2, -0.15) is 4.99 Å². The second kappa shape index (κ2) is 7.72. The molecule has 0 unspecified atom stereocenters. The zero-order valence-electron chi connectivity index (χ0n) is 14.0. The van der Waals surface area contributed by atoms with Crippen LogP contribution in [0.1, 0.15) is 23.0 Å². The molecule has 0 aliphatic heterocycles. The van der Waals surface area contributed by atoms with Crippen molar-refractivity contribution in [1.29, 1.82) is 0 Å². The largest absolute Gasteiger partial charge is 0.493 e.